The predicted octanol–water partition coefficient (Wildman–Crippen LogP) is 3.82. The summed E-state index contributed by atoms with van der Waals surface area (Å²) in [6.07, 6.45) is 3.33. The van der Waals surface area contributed by atoms with E-state index in [9.17, 15) is 0 Å². The summed E-state index contributed by atoms with van der Waals surface area (Å²) in [4.78, 5) is 4.58. The molecule has 0 amide bonds. The average molecular weight is 274 g/mol. The molecule has 0 radical (unpaired) electrons. The van der Waals surface area contributed by atoms with E-state index in [1.807, 2.05) is 0 Å². The van der Waals surface area contributed by atoms with Crippen LogP contribution in [-0.2, 0) is 19.4 Å². The zero-order valence-corrected chi connectivity index (χ0v) is 12.5. The summed E-state index contributed by atoms with van der Waals surface area (Å²) >= 11 is 1.76. The molecule has 0 spiro atoms. The van der Waals surface area contributed by atoms with E-state index >= 15 is 0 Å². The summed E-state index contributed by atoms with van der Waals surface area (Å²) in [5.41, 5.74) is 2.59. The van der Waals surface area contributed by atoms with Crippen molar-refractivity contribution in [3.63, 3.8) is 0 Å². The molecular weight excluding hydrogens is 252 g/mol. The van der Waals surface area contributed by atoms with E-state index in [2.05, 4.69) is 59.9 Å². The lowest BCUT2D eigenvalue weighted by Gasteiger charge is -2.12. The van der Waals surface area contributed by atoms with Gasteiger partial charge in [0.05, 0.1) is 10.7 Å². The van der Waals surface area contributed by atoms with Gasteiger partial charge in [-0.25, -0.2) is 4.98 Å². The second-order valence-electron chi connectivity index (χ2n) is 4.89. The number of nitrogens with zero attached hydrogens (tertiary/aromatic N) is 1. The van der Waals surface area contributed by atoms with Gasteiger partial charge < -0.3 is 5.32 Å². The highest BCUT2D eigenvalue weighted by molar-refractivity contribution is 7.09. The minimum atomic E-state index is 0.520. The van der Waals surface area contributed by atoms with E-state index in [-0.39, 0.29) is 0 Å². The number of thiazole rings is 1. The van der Waals surface area contributed by atoms with Crippen molar-refractivity contribution in [3.8, 4) is 0 Å². The average Bonchev–Trinajstić information content (AvgIpc) is 2.92. The molecule has 0 saturated heterocycles. The van der Waals surface area contributed by atoms with Gasteiger partial charge in [0.15, 0.2) is 0 Å². The smallest absolute Gasteiger partial charge is 0.0926 e. The SMILES string of the molecule is CCc1nc(CNC(C)CCc2ccccc2)cs1. The molecule has 1 aromatic carbocycles. The van der Waals surface area contributed by atoms with Crippen molar-refractivity contribution in [1.82, 2.24) is 10.3 Å². The van der Waals surface area contributed by atoms with E-state index in [1.165, 1.54) is 16.3 Å². The Morgan fingerprint density at radius 2 is 2.05 bits per heavy atom. The first-order valence-electron chi connectivity index (χ1n) is 6.98. The largest absolute Gasteiger partial charge is 0.309 e. The van der Waals surface area contributed by atoms with Crippen LogP contribution in [0.4, 0.5) is 0 Å². The molecular formula is C16H22N2S. The van der Waals surface area contributed by atoms with Crippen molar-refractivity contribution in [2.24, 2.45) is 0 Å². The highest BCUT2D eigenvalue weighted by atomic mass is 32.1. The van der Waals surface area contributed by atoms with Crippen LogP contribution in [0, 0.1) is 0 Å². The number of benzene rings is 1. The van der Waals surface area contributed by atoms with Gasteiger partial charge in [0.1, 0.15) is 0 Å². The fourth-order valence-corrected chi connectivity index (χ4v) is 2.75. The van der Waals surface area contributed by atoms with Crippen molar-refractivity contribution < 1.29 is 0 Å². The summed E-state index contributed by atoms with van der Waals surface area (Å²) in [5, 5.41) is 6.94. The normalized spacial score (nSPS) is 12.5. The minimum Gasteiger partial charge on any atom is -0.309 e. The van der Waals surface area contributed by atoms with Crippen LogP contribution in [0.25, 0.3) is 0 Å². The first-order valence-corrected chi connectivity index (χ1v) is 7.86. The van der Waals surface area contributed by atoms with Gasteiger partial charge in [-0.3, -0.25) is 0 Å². The predicted molar refractivity (Wildman–Crippen MR) is 82.6 cm³/mol. The Balaban J connectivity index is 1.71. The van der Waals surface area contributed by atoms with Gasteiger partial charge in [-0.1, -0.05) is 37.3 Å². The van der Waals surface area contributed by atoms with Crippen LogP contribution in [0.5, 0.6) is 0 Å². The highest BCUT2D eigenvalue weighted by Gasteiger charge is 2.04. The molecule has 3 heteroatoms. The standard InChI is InChI=1S/C16H22N2S/c1-3-16-18-15(12-19-16)11-17-13(2)9-10-14-7-5-4-6-8-14/h4-8,12-13,17H,3,9-11H2,1-2H3. The second kappa shape index (κ2) is 7.41. The number of aromatic nitrogens is 1. The van der Waals surface area contributed by atoms with Crippen LogP contribution in [0.3, 0.4) is 0 Å². The lowest BCUT2D eigenvalue weighted by Crippen LogP contribution is -2.26. The van der Waals surface area contributed by atoms with Crippen molar-refractivity contribution in [1.29, 1.82) is 0 Å². The van der Waals surface area contributed by atoms with Crippen molar-refractivity contribution in [3.05, 3.63) is 52.0 Å². The lowest BCUT2D eigenvalue weighted by molar-refractivity contribution is 0.510. The highest BCUT2D eigenvalue weighted by Crippen LogP contribution is 2.10. The molecule has 2 aromatic rings. The lowest BCUT2D eigenvalue weighted by atomic mass is 10.1. The molecule has 0 fully saturated rings. The summed E-state index contributed by atoms with van der Waals surface area (Å²) in [5.74, 6) is 0. The van der Waals surface area contributed by atoms with Gasteiger partial charge in [-0.05, 0) is 31.7 Å². The Kier molecular flexibility index (Phi) is 5.55. The van der Waals surface area contributed by atoms with Crippen LogP contribution >= 0.6 is 11.3 Å². The number of hydrogen-bond acceptors (Lipinski definition) is 3. The minimum absolute atomic E-state index is 0.520. The molecule has 1 atom stereocenters. The quantitative estimate of drug-likeness (QED) is 0.830. The van der Waals surface area contributed by atoms with E-state index in [0.717, 1.165) is 25.8 Å². The maximum absolute atomic E-state index is 4.58. The Morgan fingerprint density at radius 3 is 2.74 bits per heavy atom. The maximum Gasteiger partial charge on any atom is 0.0926 e. The molecule has 0 aliphatic rings. The molecule has 0 aliphatic carbocycles. The van der Waals surface area contributed by atoms with Gasteiger partial charge >= 0.3 is 0 Å². The topological polar surface area (TPSA) is 24.9 Å². The maximum atomic E-state index is 4.58. The fourth-order valence-electron chi connectivity index (χ4n) is 2.00. The number of hydrogen-bond donors (Lipinski definition) is 1. The van der Waals surface area contributed by atoms with E-state index < -0.39 is 0 Å². The summed E-state index contributed by atoms with van der Waals surface area (Å²) < 4.78 is 0. The zero-order chi connectivity index (χ0) is 13.5. The molecule has 2 rings (SSSR count). The summed E-state index contributed by atoms with van der Waals surface area (Å²) in [6.45, 7) is 5.28. The van der Waals surface area contributed by atoms with Crippen LogP contribution in [0.2, 0.25) is 0 Å². The number of aryl methyl sites for hydroxylation is 2. The van der Waals surface area contributed by atoms with Crippen molar-refractivity contribution in [2.45, 2.75) is 45.7 Å². The Morgan fingerprint density at radius 1 is 1.26 bits per heavy atom. The van der Waals surface area contributed by atoms with Gasteiger partial charge in [0, 0.05) is 18.0 Å². The number of nitrogens with one attached hydrogen (secondary N) is 1. The van der Waals surface area contributed by atoms with Crippen LogP contribution < -0.4 is 5.32 Å². The van der Waals surface area contributed by atoms with Gasteiger partial charge in [0.25, 0.3) is 0 Å². The van der Waals surface area contributed by atoms with Gasteiger partial charge in [-0.15, -0.1) is 11.3 Å². The third-order valence-corrected chi connectivity index (χ3v) is 4.28. The Labute approximate surface area is 119 Å². The molecule has 0 saturated carbocycles. The summed E-state index contributed by atoms with van der Waals surface area (Å²) in [6, 6.07) is 11.2. The van der Waals surface area contributed by atoms with Gasteiger partial charge in [0.2, 0.25) is 0 Å². The van der Waals surface area contributed by atoms with Crippen LogP contribution in [0.1, 0.15) is 36.5 Å². The number of rotatable bonds is 7. The van der Waals surface area contributed by atoms with Crippen molar-refractivity contribution >= 4 is 11.3 Å². The molecule has 0 bridgehead atoms. The molecule has 1 N–H and O–H groups in total. The third-order valence-electron chi connectivity index (χ3n) is 3.24. The Hall–Kier alpha value is -1.19. The summed E-state index contributed by atoms with van der Waals surface area (Å²) in [7, 11) is 0. The molecule has 102 valence electrons. The molecule has 1 aromatic heterocycles. The molecule has 19 heavy (non-hydrogen) atoms. The zero-order valence-electron chi connectivity index (χ0n) is 11.7. The Bertz CT molecular complexity index is 479. The van der Waals surface area contributed by atoms with Crippen LogP contribution in [0.15, 0.2) is 35.7 Å². The molecule has 2 nitrogen and oxygen atoms in total. The van der Waals surface area contributed by atoms with E-state index in [0.29, 0.717) is 6.04 Å². The fraction of sp³-hybridized carbons (Fsp3) is 0.438. The third kappa shape index (κ3) is 4.77. The second-order valence-corrected chi connectivity index (χ2v) is 5.84. The van der Waals surface area contributed by atoms with Gasteiger partial charge in [-0.2, -0.15) is 0 Å². The molecule has 0 aliphatic heterocycles. The molecule has 1 heterocycles. The molecule has 1 unspecified atom stereocenters. The van der Waals surface area contributed by atoms with Crippen LogP contribution in [-0.4, -0.2) is 11.0 Å². The first-order chi connectivity index (χ1) is 9.28. The first kappa shape index (κ1) is 14.2. The monoisotopic (exact) mass is 274 g/mol. The van der Waals surface area contributed by atoms with E-state index in [4.69, 9.17) is 0 Å². The van der Waals surface area contributed by atoms with E-state index in [1.54, 1.807) is 11.3 Å². The van der Waals surface area contributed by atoms with Crippen molar-refractivity contribution in [2.75, 3.05) is 0 Å².